The van der Waals surface area contributed by atoms with E-state index in [9.17, 15) is 14.2 Å². The van der Waals surface area contributed by atoms with Crippen molar-refractivity contribution in [2.75, 3.05) is 28.4 Å². The summed E-state index contributed by atoms with van der Waals surface area (Å²) in [5.74, 6) is -0.417. The molecule has 2 rings (SSSR count). The predicted octanol–water partition coefficient (Wildman–Crippen LogP) is 4.62. The number of ether oxygens (including phenoxy) is 4. The Labute approximate surface area is 177 Å². The van der Waals surface area contributed by atoms with Gasteiger partial charge >= 0.3 is 0 Å². The first-order chi connectivity index (χ1) is 14.4. The first kappa shape index (κ1) is 23.4. The Morgan fingerprint density at radius 1 is 0.767 bits per heavy atom. The van der Waals surface area contributed by atoms with E-state index in [0.717, 1.165) is 0 Å². The van der Waals surface area contributed by atoms with Crippen LogP contribution < -0.4 is 18.9 Å². The van der Waals surface area contributed by atoms with E-state index in [0.29, 0.717) is 6.42 Å². The maximum absolute atomic E-state index is 13.8. The molecule has 0 saturated carbocycles. The van der Waals surface area contributed by atoms with Gasteiger partial charge in [-0.1, -0.05) is 25.5 Å². The van der Waals surface area contributed by atoms with Gasteiger partial charge < -0.3 is 18.9 Å². The molecule has 0 aliphatic rings. The minimum Gasteiger partial charge on any atom is -0.496 e. The molecule has 0 atom stereocenters. The number of methoxy groups -OCH3 is 4. The number of carbonyl (C=O) groups excluding carboxylic acids is 2. The Hall–Kier alpha value is -2.92. The van der Waals surface area contributed by atoms with Crippen LogP contribution in [0.15, 0.2) is 36.4 Å². The van der Waals surface area contributed by atoms with Gasteiger partial charge in [-0.25, -0.2) is 0 Å². The molecule has 2 aromatic rings. The topological polar surface area (TPSA) is 88.1 Å². The highest BCUT2D eigenvalue weighted by Gasteiger charge is 2.50. The Morgan fingerprint density at radius 2 is 1.10 bits per heavy atom. The van der Waals surface area contributed by atoms with Crippen molar-refractivity contribution in [3.05, 3.63) is 47.5 Å². The third-order valence-electron chi connectivity index (χ3n) is 4.83. The predicted molar refractivity (Wildman–Crippen MR) is 113 cm³/mol. The van der Waals surface area contributed by atoms with E-state index in [1.807, 2.05) is 0 Å². The van der Waals surface area contributed by atoms with Gasteiger partial charge in [0, 0.05) is 0 Å². The van der Waals surface area contributed by atoms with E-state index in [4.69, 9.17) is 18.9 Å². The Kier molecular flexibility index (Phi) is 7.95. The Balaban J connectivity index is 2.79. The molecular formula is C22H25O7P. The van der Waals surface area contributed by atoms with Crippen molar-refractivity contribution in [3.63, 3.8) is 0 Å². The van der Waals surface area contributed by atoms with E-state index in [1.165, 1.54) is 28.4 Å². The summed E-state index contributed by atoms with van der Waals surface area (Å²) in [7, 11) is 4.99. The minimum atomic E-state index is -1.90. The first-order valence-corrected chi connectivity index (χ1v) is 10.1. The lowest BCUT2D eigenvalue weighted by molar-refractivity contribution is 0.0819. The normalized spacial score (nSPS) is 11.1. The van der Waals surface area contributed by atoms with Crippen molar-refractivity contribution in [3.8, 4) is 23.0 Å². The standard InChI is InChI=1S/C22H25O7P/c1-6-13-22(30-25,20(23)18-14(26-2)9-7-10-15(18)27-3)21(24)19-16(28-4)11-8-12-17(19)29-5/h7-12H,6,13H2,1-5H3. The monoisotopic (exact) mass is 432 g/mol. The lowest BCUT2D eigenvalue weighted by Crippen LogP contribution is -2.42. The van der Waals surface area contributed by atoms with Crippen LogP contribution >= 0.6 is 8.46 Å². The fourth-order valence-electron chi connectivity index (χ4n) is 3.38. The second-order valence-electron chi connectivity index (χ2n) is 6.43. The highest BCUT2D eigenvalue weighted by atomic mass is 31.1. The number of benzene rings is 2. The molecule has 0 heterocycles. The third-order valence-corrected chi connectivity index (χ3v) is 5.77. The van der Waals surface area contributed by atoms with Gasteiger partial charge in [-0.05, 0) is 30.7 Å². The summed E-state index contributed by atoms with van der Waals surface area (Å²) in [6, 6.07) is 9.67. The Morgan fingerprint density at radius 3 is 1.33 bits per heavy atom. The number of rotatable bonds is 11. The van der Waals surface area contributed by atoms with Crippen molar-refractivity contribution in [1.82, 2.24) is 0 Å². The van der Waals surface area contributed by atoms with Gasteiger partial charge in [-0.15, -0.1) is 0 Å². The molecule has 0 fully saturated rings. The smallest absolute Gasteiger partial charge is 0.195 e. The molecule has 0 spiro atoms. The summed E-state index contributed by atoms with van der Waals surface area (Å²) in [4.78, 5) is 27.6. The zero-order valence-corrected chi connectivity index (χ0v) is 18.6. The van der Waals surface area contributed by atoms with Crippen LogP contribution in [0, 0.1) is 0 Å². The van der Waals surface area contributed by atoms with Crippen LogP contribution in [0.2, 0.25) is 0 Å². The highest BCUT2D eigenvalue weighted by Crippen LogP contribution is 2.44. The number of hydrogen-bond acceptors (Lipinski definition) is 7. The summed E-state index contributed by atoms with van der Waals surface area (Å²) in [5.41, 5.74) is 0.114. The number of hydrogen-bond donors (Lipinski definition) is 0. The number of carbonyl (C=O) groups is 2. The van der Waals surface area contributed by atoms with Crippen LogP contribution in [0.25, 0.3) is 0 Å². The molecule has 30 heavy (non-hydrogen) atoms. The SMILES string of the molecule is CCCC(P=O)(C(=O)c1c(OC)cccc1OC)C(=O)c1c(OC)cccc1OC. The van der Waals surface area contributed by atoms with Crippen molar-refractivity contribution in [2.45, 2.75) is 24.9 Å². The Bertz CT molecular complexity index is 827. The molecule has 0 aromatic heterocycles. The lowest BCUT2D eigenvalue weighted by Gasteiger charge is -2.26. The molecule has 2 aromatic carbocycles. The molecule has 0 unspecified atom stereocenters. The zero-order valence-electron chi connectivity index (χ0n) is 17.7. The molecule has 7 nitrogen and oxygen atoms in total. The van der Waals surface area contributed by atoms with Gasteiger partial charge in [0.15, 0.2) is 25.2 Å². The van der Waals surface area contributed by atoms with Crippen LogP contribution in [-0.4, -0.2) is 45.2 Å². The summed E-state index contributed by atoms with van der Waals surface area (Å²) in [6.45, 7) is 1.80. The summed E-state index contributed by atoms with van der Waals surface area (Å²) in [5, 5.41) is -1.90. The highest BCUT2D eigenvalue weighted by molar-refractivity contribution is 7.30. The third kappa shape index (κ3) is 4.03. The average Bonchev–Trinajstić information content (AvgIpc) is 2.80. The second-order valence-corrected chi connectivity index (χ2v) is 7.38. The minimum absolute atomic E-state index is 0.0398. The van der Waals surface area contributed by atoms with Gasteiger partial charge in [0.25, 0.3) is 0 Å². The van der Waals surface area contributed by atoms with Crippen LogP contribution in [0.4, 0.5) is 0 Å². The quantitative estimate of drug-likeness (QED) is 0.291. The van der Waals surface area contributed by atoms with E-state index < -0.39 is 25.2 Å². The summed E-state index contributed by atoms with van der Waals surface area (Å²) >= 11 is 0. The largest absolute Gasteiger partial charge is 0.496 e. The fraction of sp³-hybridized carbons (Fsp3) is 0.364. The van der Waals surface area contributed by atoms with Crippen molar-refractivity contribution in [1.29, 1.82) is 0 Å². The van der Waals surface area contributed by atoms with E-state index >= 15 is 0 Å². The first-order valence-electron chi connectivity index (χ1n) is 9.31. The molecule has 0 aliphatic carbocycles. The molecule has 0 N–H and O–H groups in total. The summed E-state index contributed by atoms with van der Waals surface area (Å²) in [6.07, 6.45) is 0.472. The van der Waals surface area contributed by atoms with Gasteiger partial charge in [-0.2, -0.15) is 0 Å². The van der Waals surface area contributed by atoms with Crippen molar-refractivity contribution < 1.29 is 33.1 Å². The molecule has 0 saturated heterocycles. The van der Waals surface area contributed by atoms with Crippen molar-refractivity contribution >= 4 is 20.0 Å². The van der Waals surface area contributed by atoms with E-state index in [-0.39, 0.29) is 40.5 Å². The van der Waals surface area contributed by atoms with Gasteiger partial charge in [0.2, 0.25) is 0 Å². The molecule has 0 aliphatic heterocycles. The van der Waals surface area contributed by atoms with Gasteiger partial charge in [0.1, 0.15) is 34.1 Å². The maximum atomic E-state index is 13.8. The second kappa shape index (κ2) is 10.2. The van der Waals surface area contributed by atoms with Gasteiger partial charge in [-0.3, -0.25) is 14.2 Å². The van der Waals surface area contributed by atoms with Crippen LogP contribution in [0.5, 0.6) is 23.0 Å². The molecular weight excluding hydrogens is 407 g/mol. The zero-order chi connectivity index (χ0) is 22.3. The van der Waals surface area contributed by atoms with Crippen LogP contribution in [0.1, 0.15) is 40.5 Å². The number of Topliss-reactive ketones (excluding diaryl/α,β-unsaturated/α-hetero) is 2. The van der Waals surface area contributed by atoms with Crippen molar-refractivity contribution in [2.24, 2.45) is 0 Å². The molecule has 160 valence electrons. The fourth-order valence-corrected chi connectivity index (χ4v) is 4.09. The molecule has 0 radical (unpaired) electrons. The van der Waals surface area contributed by atoms with E-state index in [2.05, 4.69) is 0 Å². The molecule has 0 amide bonds. The average molecular weight is 432 g/mol. The summed E-state index contributed by atoms with van der Waals surface area (Å²) < 4.78 is 33.9. The molecule has 8 heteroatoms. The van der Waals surface area contributed by atoms with Crippen LogP contribution in [-0.2, 0) is 4.57 Å². The molecule has 0 bridgehead atoms. The number of ketones is 2. The van der Waals surface area contributed by atoms with E-state index in [1.54, 1.807) is 43.3 Å². The van der Waals surface area contributed by atoms with Gasteiger partial charge in [0.05, 0.1) is 28.4 Å². The lowest BCUT2D eigenvalue weighted by atomic mass is 9.84. The maximum Gasteiger partial charge on any atom is 0.195 e. The van der Waals surface area contributed by atoms with Crippen LogP contribution in [0.3, 0.4) is 0 Å².